The van der Waals surface area contributed by atoms with E-state index in [1.807, 2.05) is 6.07 Å². The van der Waals surface area contributed by atoms with Crippen LogP contribution >= 0.6 is 0 Å². The first kappa shape index (κ1) is 21.1. The van der Waals surface area contributed by atoms with Gasteiger partial charge < -0.3 is 30.1 Å². The van der Waals surface area contributed by atoms with E-state index in [-0.39, 0.29) is 11.5 Å². The Labute approximate surface area is 166 Å². The lowest BCUT2D eigenvalue weighted by Crippen LogP contribution is -2.41. The molecule has 1 saturated heterocycles. The predicted molar refractivity (Wildman–Crippen MR) is 98.6 cm³/mol. The largest absolute Gasteiger partial charge is 0.394 e. The van der Waals surface area contributed by atoms with Gasteiger partial charge in [0.1, 0.15) is 41.8 Å². The van der Waals surface area contributed by atoms with Crippen molar-refractivity contribution in [3.05, 3.63) is 24.2 Å². The minimum Gasteiger partial charge on any atom is -0.394 e. The summed E-state index contributed by atoms with van der Waals surface area (Å²) in [7, 11) is 0. The number of carbonyl (C=O) groups excluding carboxylic acids is 1. The number of anilines is 1. The molecular formula is C18H23N5O6. The van der Waals surface area contributed by atoms with Crippen molar-refractivity contribution in [3.63, 3.8) is 0 Å². The van der Waals surface area contributed by atoms with Crippen LogP contribution in [0.5, 0.6) is 0 Å². The van der Waals surface area contributed by atoms with Gasteiger partial charge >= 0.3 is 0 Å². The minimum atomic E-state index is -1.96. The zero-order valence-corrected chi connectivity index (χ0v) is 16.2. The van der Waals surface area contributed by atoms with Crippen molar-refractivity contribution < 1.29 is 29.6 Å². The highest BCUT2D eigenvalue weighted by molar-refractivity contribution is 5.98. The van der Waals surface area contributed by atoms with Crippen LogP contribution in [0.1, 0.15) is 26.5 Å². The molecule has 0 radical (unpaired) electrons. The van der Waals surface area contributed by atoms with Gasteiger partial charge in [0.25, 0.3) is 5.91 Å². The fraction of sp³-hybridized carbons (Fsp3) is 0.556. The van der Waals surface area contributed by atoms with E-state index in [4.69, 9.17) is 9.47 Å². The van der Waals surface area contributed by atoms with Gasteiger partial charge in [-0.2, -0.15) is 10.4 Å². The predicted octanol–water partition coefficient (Wildman–Crippen LogP) is -0.685. The van der Waals surface area contributed by atoms with Crippen LogP contribution < -0.4 is 5.32 Å². The topological polar surface area (TPSA) is 162 Å². The fourth-order valence-electron chi connectivity index (χ4n) is 3.32. The normalized spacial score (nSPS) is 27.1. The van der Waals surface area contributed by atoms with Gasteiger partial charge in [-0.15, -0.1) is 0 Å². The number of rotatable bonds is 6. The first-order valence-corrected chi connectivity index (χ1v) is 9.06. The second-order valence-electron chi connectivity index (χ2n) is 7.14. The molecule has 1 fully saturated rings. The van der Waals surface area contributed by atoms with Gasteiger partial charge in [0.05, 0.1) is 12.3 Å². The molecule has 0 bridgehead atoms. The first-order chi connectivity index (χ1) is 13.7. The molecule has 0 saturated carbocycles. The molecular weight excluding hydrogens is 382 g/mol. The van der Waals surface area contributed by atoms with Crippen molar-refractivity contribution in [1.29, 1.82) is 5.26 Å². The standard InChI is InChI=1S/C18H23N5O6/c1-4-28-17(2,3)16(27)22-15-10-5-6-12(23(10)21-9-20-15)18(8-19)14(26)13(25)11(7-24)29-18/h5-6,9,11,13-14,24-26H,4,7H2,1-3H3,(H,20,21,22,27)/t11-,13-,14-,18+/m1/s1. The van der Waals surface area contributed by atoms with Crippen molar-refractivity contribution in [2.24, 2.45) is 0 Å². The smallest absolute Gasteiger partial charge is 0.257 e. The molecule has 4 N–H and O–H groups in total. The average Bonchev–Trinajstić information content (AvgIpc) is 3.23. The van der Waals surface area contributed by atoms with Gasteiger partial charge in [-0.1, -0.05) is 0 Å². The third-order valence-corrected chi connectivity index (χ3v) is 4.92. The van der Waals surface area contributed by atoms with E-state index in [0.29, 0.717) is 12.1 Å². The zero-order chi connectivity index (χ0) is 21.4. The lowest BCUT2D eigenvalue weighted by atomic mass is 9.92. The Balaban J connectivity index is 2.03. The van der Waals surface area contributed by atoms with Crippen molar-refractivity contribution in [3.8, 4) is 6.07 Å². The summed E-state index contributed by atoms with van der Waals surface area (Å²) >= 11 is 0. The van der Waals surface area contributed by atoms with Crippen molar-refractivity contribution >= 4 is 17.2 Å². The molecule has 156 valence electrons. The molecule has 3 rings (SSSR count). The molecule has 4 atom stereocenters. The Morgan fingerprint density at radius 3 is 2.79 bits per heavy atom. The number of carbonyl (C=O) groups is 1. The highest BCUT2D eigenvalue weighted by Crippen LogP contribution is 2.40. The summed E-state index contributed by atoms with van der Waals surface area (Å²) in [6, 6.07) is 4.91. The van der Waals surface area contributed by atoms with E-state index in [1.165, 1.54) is 16.9 Å². The average molecular weight is 405 g/mol. The van der Waals surface area contributed by atoms with Gasteiger partial charge in [0.15, 0.2) is 5.82 Å². The van der Waals surface area contributed by atoms with Gasteiger partial charge in [-0.25, -0.2) is 9.50 Å². The number of aliphatic hydroxyl groups is 3. The molecule has 0 spiro atoms. The summed E-state index contributed by atoms with van der Waals surface area (Å²) in [5.41, 5.74) is -2.59. The highest BCUT2D eigenvalue weighted by atomic mass is 16.6. The summed E-state index contributed by atoms with van der Waals surface area (Å²) in [4.78, 5) is 16.6. The van der Waals surface area contributed by atoms with Crippen LogP contribution in [0.4, 0.5) is 5.82 Å². The van der Waals surface area contributed by atoms with Crippen molar-refractivity contribution in [1.82, 2.24) is 14.6 Å². The number of nitrogens with zero attached hydrogens (tertiary/aromatic N) is 4. The van der Waals surface area contributed by atoms with E-state index in [2.05, 4.69) is 15.4 Å². The summed E-state index contributed by atoms with van der Waals surface area (Å²) in [5.74, 6) is -0.255. The first-order valence-electron chi connectivity index (χ1n) is 9.06. The minimum absolute atomic E-state index is 0.125. The SMILES string of the molecule is CCOC(C)(C)C(=O)Nc1ncnn2c([C@]3(C#N)O[C@H](CO)[C@@H](O)[C@H]3O)ccc12. The summed E-state index contributed by atoms with van der Waals surface area (Å²) in [6.07, 6.45) is -3.04. The number of aromatic nitrogens is 3. The van der Waals surface area contributed by atoms with Crippen LogP contribution in [0.25, 0.3) is 5.52 Å². The molecule has 0 aromatic carbocycles. The number of amides is 1. The third kappa shape index (κ3) is 3.35. The Kier molecular flexibility index (Phi) is 5.57. The van der Waals surface area contributed by atoms with E-state index >= 15 is 0 Å². The number of aliphatic hydroxyl groups excluding tert-OH is 3. The second kappa shape index (κ2) is 7.66. The monoisotopic (exact) mass is 405 g/mol. The second-order valence-corrected chi connectivity index (χ2v) is 7.14. The highest BCUT2D eigenvalue weighted by Gasteiger charge is 2.57. The Morgan fingerprint density at radius 2 is 2.21 bits per heavy atom. The van der Waals surface area contributed by atoms with Gasteiger partial charge in [0.2, 0.25) is 5.60 Å². The number of fused-ring (bicyclic) bond motifs is 1. The molecule has 1 aliphatic heterocycles. The zero-order valence-electron chi connectivity index (χ0n) is 16.2. The summed E-state index contributed by atoms with van der Waals surface area (Å²) in [5, 5.41) is 46.5. The molecule has 0 unspecified atom stereocenters. The van der Waals surface area contributed by atoms with Crippen LogP contribution in [0.2, 0.25) is 0 Å². The van der Waals surface area contributed by atoms with E-state index in [1.54, 1.807) is 26.8 Å². The lowest BCUT2D eigenvalue weighted by molar-refractivity contribution is -0.136. The molecule has 2 aromatic rings. The van der Waals surface area contributed by atoms with Crippen LogP contribution in [-0.2, 0) is 19.9 Å². The van der Waals surface area contributed by atoms with Crippen LogP contribution in [0.3, 0.4) is 0 Å². The molecule has 29 heavy (non-hydrogen) atoms. The van der Waals surface area contributed by atoms with Gasteiger partial charge in [-0.3, -0.25) is 4.79 Å². The lowest BCUT2D eigenvalue weighted by Gasteiger charge is -2.24. The number of nitriles is 1. The van der Waals surface area contributed by atoms with E-state index < -0.39 is 42.0 Å². The van der Waals surface area contributed by atoms with Gasteiger partial charge in [-0.05, 0) is 32.9 Å². The van der Waals surface area contributed by atoms with E-state index in [9.17, 15) is 25.4 Å². The van der Waals surface area contributed by atoms with E-state index in [0.717, 1.165) is 0 Å². The Hall–Kier alpha value is -2.62. The Bertz CT molecular complexity index is 954. The quantitative estimate of drug-likeness (QED) is 0.487. The molecule has 0 aliphatic carbocycles. The third-order valence-electron chi connectivity index (χ3n) is 4.92. The summed E-state index contributed by atoms with van der Waals surface area (Å²) in [6.45, 7) is 4.80. The molecule has 1 amide bonds. The summed E-state index contributed by atoms with van der Waals surface area (Å²) < 4.78 is 12.3. The van der Waals surface area contributed by atoms with Crippen LogP contribution in [0.15, 0.2) is 18.5 Å². The number of ether oxygens (including phenoxy) is 2. The maximum Gasteiger partial charge on any atom is 0.257 e. The molecule has 11 nitrogen and oxygen atoms in total. The molecule has 11 heteroatoms. The van der Waals surface area contributed by atoms with Gasteiger partial charge in [0, 0.05) is 6.61 Å². The number of hydrogen-bond acceptors (Lipinski definition) is 9. The fourth-order valence-corrected chi connectivity index (χ4v) is 3.32. The molecule has 2 aromatic heterocycles. The molecule has 3 heterocycles. The Morgan fingerprint density at radius 1 is 1.48 bits per heavy atom. The molecule has 1 aliphatic rings. The maximum atomic E-state index is 12.5. The van der Waals surface area contributed by atoms with Crippen LogP contribution in [0, 0.1) is 11.3 Å². The number of hydrogen-bond donors (Lipinski definition) is 4. The maximum absolute atomic E-state index is 12.5. The van der Waals surface area contributed by atoms with Crippen molar-refractivity contribution in [2.75, 3.05) is 18.5 Å². The van der Waals surface area contributed by atoms with Crippen molar-refractivity contribution in [2.45, 2.75) is 50.3 Å². The number of nitrogens with one attached hydrogen (secondary N) is 1. The van der Waals surface area contributed by atoms with Crippen LogP contribution in [-0.4, -0.2) is 73.0 Å².